The molecule has 2 aliphatic heterocycles. The van der Waals surface area contributed by atoms with Crippen LogP contribution in [0.2, 0.25) is 5.02 Å². The fourth-order valence-electron chi connectivity index (χ4n) is 4.82. The van der Waals surface area contributed by atoms with Crippen LogP contribution in [0.4, 0.5) is 9.18 Å². The first-order valence-electron chi connectivity index (χ1n) is 12.2. The highest BCUT2D eigenvalue weighted by atomic mass is 35.5. The number of benzene rings is 2. The van der Waals surface area contributed by atoms with Gasteiger partial charge in [0.1, 0.15) is 5.82 Å². The first-order chi connectivity index (χ1) is 17.7. The van der Waals surface area contributed by atoms with Crippen molar-refractivity contribution in [2.45, 2.75) is 25.9 Å². The van der Waals surface area contributed by atoms with E-state index in [1.54, 1.807) is 61.3 Å². The first-order valence-corrected chi connectivity index (χ1v) is 12.6. The molecule has 2 aromatic rings. The van der Waals surface area contributed by atoms with Crippen LogP contribution in [0, 0.1) is 5.82 Å². The second-order valence-electron chi connectivity index (χ2n) is 9.11. The SMILES string of the molecule is CCOC(=O)C1=C(CN2CCN(C(=O)c3ccccc3Cl)[C@@H](C)C2)N(C)C(=O)N[C@H]1c1ccccc1F. The summed E-state index contributed by atoms with van der Waals surface area (Å²) in [7, 11) is 1.57. The molecular formula is C27H30ClFN4O4. The second kappa shape index (κ2) is 11.3. The van der Waals surface area contributed by atoms with Crippen LogP contribution < -0.4 is 5.32 Å². The smallest absolute Gasteiger partial charge is 0.338 e. The molecule has 1 fully saturated rings. The van der Waals surface area contributed by atoms with Gasteiger partial charge in [0.15, 0.2) is 0 Å². The van der Waals surface area contributed by atoms with Gasteiger partial charge in [-0.2, -0.15) is 0 Å². The lowest BCUT2D eigenvalue weighted by Gasteiger charge is -2.42. The zero-order valence-electron chi connectivity index (χ0n) is 21.0. The van der Waals surface area contributed by atoms with Gasteiger partial charge in [0.05, 0.1) is 28.8 Å². The van der Waals surface area contributed by atoms with Crippen molar-refractivity contribution in [1.29, 1.82) is 0 Å². The number of urea groups is 1. The van der Waals surface area contributed by atoms with E-state index in [1.807, 2.05) is 6.92 Å². The highest BCUT2D eigenvalue weighted by molar-refractivity contribution is 6.33. The van der Waals surface area contributed by atoms with E-state index in [1.165, 1.54) is 11.0 Å². The maximum atomic E-state index is 14.7. The molecule has 37 heavy (non-hydrogen) atoms. The zero-order chi connectivity index (χ0) is 26.7. The summed E-state index contributed by atoms with van der Waals surface area (Å²) in [6, 6.07) is 11.4. The molecule has 10 heteroatoms. The molecule has 0 bridgehead atoms. The fourth-order valence-corrected chi connectivity index (χ4v) is 5.04. The Kier molecular flexibility index (Phi) is 8.14. The zero-order valence-corrected chi connectivity index (χ0v) is 21.8. The lowest BCUT2D eigenvalue weighted by Crippen LogP contribution is -2.56. The Labute approximate surface area is 220 Å². The van der Waals surface area contributed by atoms with Crippen molar-refractivity contribution in [3.05, 3.63) is 81.8 Å². The number of nitrogens with one attached hydrogen (secondary N) is 1. The number of rotatable bonds is 6. The number of carbonyl (C=O) groups is 3. The molecule has 196 valence electrons. The topological polar surface area (TPSA) is 82.2 Å². The third kappa shape index (κ3) is 5.47. The third-order valence-electron chi connectivity index (χ3n) is 6.74. The molecule has 2 heterocycles. The minimum absolute atomic E-state index is 0.136. The Bertz CT molecular complexity index is 1240. The van der Waals surface area contributed by atoms with Gasteiger partial charge in [0.25, 0.3) is 5.91 Å². The van der Waals surface area contributed by atoms with E-state index in [9.17, 15) is 18.8 Å². The van der Waals surface area contributed by atoms with Crippen LogP contribution in [0.25, 0.3) is 0 Å². The van der Waals surface area contributed by atoms with Crippen molar-refractivity contribution < 1.29 is 23.5 Å². The number of hydrogen-bond acceptors (Lipinski definition) is 5. The molecular weight excluding hydrogens is 499 g/mol. The summed E-state index contributed by atoms with van der Waals surface area (Å²) >= 11 is 6.24. The summed E-state index contributed by atoms with van der Waals surface area (Å²) in [6.07, 6.45) is 0. The first kappa shape index (κ1) is 26.6. The maximum Gasteiger partial charge on any atom is 0.338 e. The van der Waals surface area contributed by atoms with Crippen LogP contribution in [-0.2, 0) is 9.53 Å². The average Bonchev–Trinajstić information content (AvgIpc) is 2.87. The molecule has 0 saturated carbocycles. The van der Waals surface area contributed by atoms with Gasteiger partial charge in [-0.1, -0.05) is 41.9 Å². The number of hydrogen-bond donors (Lipinski definition) is 1. The number of likely N-dealkylation sites (N-methyl/N-ethyl adjacent to an activating group) is 1. The van der Waals surface area contributed by atoms with E-state index < -0.39 is 23.9 Å². The molecule has 1 saturated heterocycles. The van der Waals surface area contributed by atoms with Crippen molar-refractivity contribution in [3.63, 3.8) is 0 Å². The lowest BCUT2D eigenvalue weighted by molar-refractivity contribution is -0.139. The van der Waals surface area contributed by atoms with Crippen molar-refractivity contribution >= 4 is 29.5 Å². The van der Waals surface area contributed by atoms with E-state index in [4.69, 9.17) is 16.3 Å². The molecule has 0 aromatic heterocycles. The van der Waals surface area contributed by atoms with Gasteiger partial charge in [0.2, 0.25) is 0 Å². The van der Waals surface area contributed by atoms with Crippen LogP contribution in [0.3, 0.4) is 0 Å². The van der Waals surface area contributed by atoms with E-state index in [-0.39, 0.29) is 36.2 Å². The fraction of sp³-hybridized carbons (Fsp3) is 0.370. The Morgan fingerprint density at radius 1 is 1.14 bits per heavy atom. The van der Waals surface area contributed by atoms with E-state index in [0.717, 1.165) is 0 Å². The van der Waals surface area contributed by atoms with Crippen LogP contribution >= 0.6 is 11.6 Å². The van der Waals surface area contributed by atoms with Crippen molar-refractivity contribution in [2.24, 2.45) is 0 Å². The summed E-state index contributed by atoms with van der Waals surface area (Å²) in [5, 5.41) is 3.14. The summed E-state index contributed by atoms with van der Waals surface area (Å²) in [5.74, 6) is -1.28. The molecule has 3 amide bonds. The van der Waals surface area contributed by atoms with Crippen LogP contribution in [0.15, 0.2) is 59.8 Å². The van der Waals surface area contributed by atoms with Gasteiger partial charge in [-0.3, -0.25) is 14.6 Å². The predicted octanol–water partition coefficient (Wildman–Crippen LogP) is 3.84. The Morgan fingerprint density at radius 3 is 2.51 bits per heavy atom. The number of esters is 1. The molecule has 4 rings (SSSR count). The number of nitrogens with zero attached hydrogens (tertiary/aromatic N) is 3. The van der Waals surface area contributed by atoms with Gasteiger partial charge in [0, 0.05) is 50.5 Å². The van der Waals surface area contributed by atoms with Crippen LogP contribution in [0.1, 0.15) is 35.8 Å². The number of piperazine rings is 1. The number of carbonyl (C=O) groups excluding carboxylic acids is 3. The predicted molar refractivity (Wildman–Crippen MR) is 137 cm³/mol. The molecule has 0 aliphatic carbocycles. The maximum absolute atomic E-state index is 14.7. The highest BCUT2D eigenvalue weighted by Crippen LogP contribution is 2.33. The molecule has 2 aliphatic rings. The second-order valence-corrected chi connectivity index (χ2v) is 9.51. The number of amides is 3. The molecule has 1 N–H and O–H groups in total. The van der Waals surface area contributed by atoms with Gasteiger partial charge in [-0.15, -0.1) is 0 Å². The minimum atomic E-state index is -0.987. The summed E-state index contributed by atoms with van der Waals surface area (Å²) in [5.41, 5.74) is 1.27. The van der Waals surface area contributed by atoms with Crippen molar-refractivity contribution in [1.82, 2.24) is 20.0 Å². The quantitative estimate of drug-likeness (QED) is 0.576. The summed E-state index contributed by atoms with van der Waals surface area (Å²) in [4.78, 5) is 44.4. The van der Waals surface area contributed by atoms with Crippen molar-refractivity contribution in [3.8, 4) is 0 Å². The third-order valence-corrected chi connectivity index (χ3v) is 7.07. The van der Waals surface area contributed by atoms with Crippen LogP contribution in [0.5, 0.6) is 0 Å². The molecule has 0 unspecified atom stereocenters. The standard InChI is InChI=1S/C27H30ClFN4O4/c1-4-37-26(35)23-22(31(3)27(36)30-24(23)19-10-6-8-12-21(19)29)16-32-13-14-33(17(2)15-32)25(34)18-9-5-7-11-20(18)28/h5-12,17,24H,4,13-16H2,1-3H3,(H,30,36)/t17-,24-/m0/s1. The highest BCUT2D eigenvalue weighted by Gasteiger charge is 2.39. The minimum Gasteiger partial charge on any atom is -0.463 e. The van der Waals surface area contributed by atoms with Gasteiger partial charge < -0.3 is 15.0 Å². The summed E-state index contributed by atoms with van der Waals surface area (Å²) in [6.45, 7) is 5.49. The molecule has 0 radical (unpaired) electrons. The monoisotopic (exact) mass is 528 g/mol. The van der Waals surface area contributed by atoms with E-state index in [2.05, 4.69) is 10.2 Å². The number of halogens is 2. The average molecular weight is 529 g/mol. The molecule has 2 atom stereocenters. The van der Waals surface area contributed by atoms with Gasteiger partial charge >= 0.3 is 12.0 Å². The van der Waals surface area contributed by atoms with Gasteiger partial charge in [-0.05, 0) is 32.0 Å². The largest absolute Gasteiger partial charge is 0.463 e. The van der Waals surface area contributed by atoms with Crippen molar-refractivity contribution in [2.75, 3.05) is 39.8 Å². The Balaban J connectivity index is 1.62. The summed E-state index contributed by atoms with van der Waals surface area (Å²) < 4.78 is 20.1. The molecule has 8 nitrogen and oxygen atoms in total. The Hall–Kier alpha value is -3.43. The molecule has 2 aromatic carbocycles. The van der Waals surface area contributed by atoms with E-state index in [0.29, 0.717) is 35.9 Å². The number of ether oxygens (including phenoxy) is 1. The van der Waals surface area contributed by atoms with Crippen LogP contribution in [-0.4, -0.2) is 78.5 Å². The Morgan fingerprint density at radius 2 is 1.84 bits per heavy atom. The van der Waals surface area contributed by atoms with E-state index >= 15 is 0 Å². The molecule has 0 spiro atoms. The lowest BCUT2D eigenvalue weighted by atomic mass is 9.93. The normalized spacial score (nSPS) is 20.6. The van der Waals surface area contributed by atoms with Gasteiger partial charge in [-0.25, -0.2) is 14.0 Å².